The zero-order valence-corrected chi connectivity index (χ0v) is 12.5. The van der Waals surface area contributed by atoms with Gasteiger partial charge in [-0.05, 0) is 50.9 Å². The molecule has 2 aliphatic heterocycles. The van der Waals surface area contributed by atoms with Crippen LogP contribution >= 0.6 is 0 Å². The van der Waals surface area contributed by atoms with E-state index in [9.17, 15) is 0 Å². The molecule has 2 fully saturated rings. The summed E-state index contributed by atoms with van der Waals surface area (Å²) in [6, 6.07) is 4.92. The number of aromatic nitrogens is 1. The van der Waals surface area contributed by atoms with Crippen LogP contribution in [-0.2, 0) is 6.54 Å². The lowest BCUT2D eigenvalue weighted by Gasteiger charge is -2.49. The second-order valence-electron chi connectivity index (χ2n) is 6.43. The minimum atomic E-state index is 0.168. The maximum Gasteiger partial charge on any atom is 0.0359 e. The van der Waals surface area contributed by atoms with Gasteiger partial charge in [-0.25, -0.2) is 0 Å². The van der Waals surface area contributed by atoms with Crippen LogP contribution in [0.5, 0.6) is 0 Å². The van der Waals surface area contributed by atoms with Crippen molar-refractivity contribution in [1.29, 1.82) is 0 Å². The van der Waals surface area contributed by atoms with Crippen LogP contribution in [0.1, 0.15) is 31.2 Å². The second kappa shape index (κ2) is 5.80. The van der Waals surface area contributed by atoms with E-state index in [2.05, 4.69) is 27.9 Å². The smallest absolute Gasteiger partial charge is 0.0359 e. The van der Waals surface area contributed by atoms with E-state index in [-0.39, 0.29) is 5.54 Å². The Morgan fingerprint density at radius 1 is 1.50 bits per heavy atom. The molecule has 0 radical (unpaired) electrons. The highest BCUT2D eigenvalue weighted by Crippen LogP contribution is 2.36. The van der Waals surface area contributed by atoms with Crippen molar-refractivity contribution >= 4 is 0 Å². The summed E-state index contributed by atoms with van der Waals surface area (Å²) in [7, 11) is 2.23. The molecule has 0 spiro atoms. The summed E-state index contributed by atoms with van der Waals surface area (Å²) in [5, 5.41) is 0. The van der Waals surface area contributed by atoms with Crippen LogP contribution in [0.15, 0.2) is 24.5 Å². The normalized spacial score (nSPS) is 30.6. The molecule has 0 bridgehead atoms. The molecule has 3 heterocycles. The molecule has 0 aliphatic carbocycles. The summed E-state index contributed by atoms with van der Waals surface area (Å²) in [4.78, 5) is 9.35. The monoisotopic (exact) mass is 274 g/mol. The molecule has 2 N–H and O–H groups in total. The Labute approximate surface area is 122 Å². The largest absolute Gasteiger partial charge is 0.329 e. The van der Waals surface area contributed by atoms with E-state index < -0.39 is 0 Å². The maximum atomic E-state index is 6.20. The van der Waals surface area contributed by atoms with E-state index in [1.165, 1.54) is 44.3 Å². The van der Waals surface area contributed by atoms with Gasteiger partial charge in [-0.1, -0.05) is 6.07 Å². The van der Waals surface area contributed by atoms with Gasteiger partial charge in [0.2, 0.25) is 0 Å². The van der Waals surface area contributed by atoms with E-state index in [0.717, 1.165) is 19.1 Å². The zero-order valence-electron chi connectivity index (χ0n) is 12.5. The minimum Gasteiger partial charge on any atom is -0.329 e. The average molecular weight is 274 g/mol. The first-order valence-corrected chi connectivity index (χ1v) is 7.78. The molecule has 0 saturated carbocycles. The first kappa shape index (κ1) is 14.0. The predicted octanol–water partition coefficient (Wildman–Crippen LogP) is 1.47. The number of piperidine rings is 1. The third-order valence-corrected chi connectivity index (χ3v) is 5.31. The van der Waals surface area contributed by atoms with Crippen LogP contribution in [0.3, 0.4) is 0 Å². The Balaban J connectivity index is 1.71. The van der Waals surface area contributed by atoms with Crippen LogP contribution in [0.4, 0.5) is 0 Å². The van der Waals surface area contributed by atoms with Gasteiger partial charge in [0.25, 0.3) is 0 Å². The standard InChI is InChI=1S/C16H26N4/c1-19(12-14-4-2-7-18-11-14)16(13-17)6-9-20-8-3-5-15(20)10-16/h2,4,7,11,15H,3,5-6,8-10,12-13,17H2,1H3. The molecule has 0 amide bonds. The van der Waals surface area contributed by atoms with Crippen molar-refractivity contribution in [2.75, 3.05) is 26.7 Å². The summed E-state index contributed by atoms with van der Waals surface area (Å²) in [6.45, 7) is 4.20. The van der Waals surface area contributed by atoms with Crippen molar-refractivity contribution in [2.24, 2.45) is 5.73 Å². The fourth-order valence-electron chi connectivity index (χ4n) is 3.93. The Kier molecular flexibility index (Phi) is 4.06. The molecule has 110 valence electrons. The summed E-state index contributed by atoms with van der Waals surface area (Å²) in [5.41, 5.74) is 7.64. The minimum absolute atomic E-state index is 0.168. The lowest BCUT2D eigenvalue weighted by Crippen LogP contribution is -2.59. The fourth-order valence-corrected chi connectivity index (χ4v) is 3.93. The zero-order chi connectivity index (χ0) is 14.0. The van der Waals surface area contributed by atoms with Crippen molar-refractivity contribution in [3.8, 4) is 0 Å². The third kappa shape index (κ3) is 2.60. The molecule has 1 aromatic rings. The van der Waals surface area contributed by atoms with Crippen molar-refractivity contribution in [2.45, 2.75) is 43.8 Å². The molecule has 20 heavy (non-hydrogen) atoms. The predicted molar refractivity (Wildman–Crippen MR) is 81.3 cm³/mol. The second-order valence-corrected chi connectivity index (χ2v) is 6.43. The number of likely N-dealkylation sites (N-methyl/N-ethyl adjacent to an activating group) is 1. The van der Waals surface area contributed by atoms with Crippen LogP contribution < -0.4 is 5.73 Å². The van der Waals surface area contributed by atoms with Gasteiger partial charge in [0.15, 0.2) is 0 Å². The summed E-state index contributed by atoms with van der Waals surface area (Å²) >= 11 is 0. The number of nitrogens with two attached hydrogens (primary N) is 1. The summed E-state index contributed by atoms with van der Waals surface area (Å²) < 4.78 is 0. The van der Waals surface area contributed by atoms with Crippen molar-refractivity contribution in [1.82, 2.24) is 14.8 Å². The van der Waals surface area contributed by atoms with Gasteiger partial charge in [0.1, 0.15) is 0 Å². The van der Waals surface area contributed by atoms with Crippen molar-refractivity contribution < 1.29 is 0 Å². The number of fused-ring (bicyclic) bond motifs is 1. The quantitative estimate of drug-likeness (QED) is 0.903. The fraction of sp³-hybridized carbons (Fsp3) is 0.688. The van der Waals surface area contributed by atoms with E-state index in [1.54, 1.807) is 0 Å². The SMILES string of the molecule is CN(Cc1cccnc1)C1(CN)CCN2CCCC2C1. The lowest BCUT2D eigenvalue weighted by atomic mass is 9.81. The van der Waals surface area contributed by atoms with E-state index >= 15 is 0 Å². The highest BCUT2D eigenvalue weighted by molar-refractivity contribution is 5.10. The van der Waals surface area contributed by atoms with Gasteiger partial charge in [0, 0.05) is 43.6 Å². The number of hydrogen-bond acceptors (Lipinski definition) is 4. The topological polar surface area (TPSA) is 45.4 Å². The molecule has 2 aliphatic rings. The highest BCUT2D eigenvalue weighted by atomic mass is 15.3. The van der Waals surface area contributed by atoms with Gasteiger partial charge < -0.3 is 10.6 Å². The van der Waals surface area contributed by atoms with Gasteiger partial charge in [-0.3, -0.25) is 9.88 Å². The third-order valence-electron chi connectivity index (χ3n) is 5.31. The molecular weight excluding hydrogens is 248 g/mol. The lowest BCUT2D eigenvalue weighted by molar-refractivity contribution is 0.0220. The molecule has 0 aromatic carbocycles. The van der Waals surface area contributed by atoms with E-state index in [0.29, 0.717) is 0 Å². The van der Waals surface area contributed by atoms with E-state index in [1.807, 2.05) is 18.5 Å². The molecular formula is C16H26N4. The molecule has 3 rings (SSSR count). The number of rotatable bonds is 4. The average Bonchev–Trinajstić information content (AvgIpc) is 2.95. The number of nitrogens with zero attached hydrogens (tertiary/aromatic N) is 3. The Hall–Kier alpha value is -0.970. The van der Waals surface area contributed by atoms with Crippen LogP contribution in [0.2, 0.25) is 0 Å². The number of hydrogen-bond donors (Lipinski definition) is 1. The number of pyridine rings is 1. The molecule has 1 aromatic heterocycles. The van der Waals surface area contributed by atoms with Gasteiger partial charge in [0.05, 0.1) is 0 Å². The molecule has 4 nitrogen and oxygen atoms in total. The first-order valence-electron chi connectivity index (χ1n) is 7.78. The summed E-state index contributed by atoms with van der Waals surface area (Å²) in [6.07, 6.45) is 8.92. The van der Waals surface area contributed by atoms with Crippen molar-refractivity contribution in [3.05, 3.63) is 30.1 Å². The van der Waals surface area contributed by atoms with Gasteiger partial charge >= 0.3 is 0 Å². The molecule has 2 saturated heterocycles. The summed E-state index contributed by atoms with van der Waals surface area (Å²) in [5.74, 6) is 0. The molecule has 4 heteroatoms. The van der Waals surface area contributed by atoms with Crippen LogP contribution in [0, 0.1) is 0 Å². The highest BCUT2D eigenvalue weighted by Gasteiger charge is 2.42. The molecule has 2 atom stereocenters. The van der Waals surface area contributed by atoms with Crippen LogP contribution in [-0.4, -0.2) is 53.0 Å². The molecule has 2 unspecified atom stereocenters. The van der Waals surface area contributed by atoms with Gasteiger partial charge in [-0.2, -0.15) is 0 Å². The van der Waals surface area contributed by atoms with Gasteiger partial charge in [-0.15, -0.1) is 0 Å². The van der Waals surface area contributed by atoms with Crippen LogP contribution in [0.25, 0.3) is 0 Å². The Morgan fingerprint density at radius 3 is 3.15 bits per heavy atom. The van der Waals surface area contributed by atoms with Crippen molar-refractivity contribution in [3.63, 3.8) is 0 Å². The Bertz CT molecular complexity index is 435. The first-order chi connectivity index (χ1) is 9.73. The Morgan fingerprint density at radius 2 is 2.40 bits per heavy atom. The van der Waals surface area contributed by atoms with E-state index in [4.69, 9.17) is 5.73 Å². The maximum absolute atomic E-state index is 6.20.